The number of nitrogens with zero attached hydrogens (tertiary/aromatic N) is 1. The van der Waals surface area contributed by atoms with Gasteiger partial charge in [-0.1, -0.05) is 19.1 Å². The Bertz CT molecular complexity index is 557. The summed E-state index contributed by atoms with van der Waals surface area (Å²) < 4.78 is 5.21. The van der Waals surface area contributed by atoms with Crippen molar-refractivity contribution in [3.8, 4) is 5.75 Å². The molecule has 1 atom stereocenters. The number of H-pyrrole nitrogens is 1. The lowest BCUT2D eigenvalue weighted by Gasteiger charge is -2.15. The van der Waals surface area contributed by atoms with Crippen molar-refractivity contribution in [1.82, 2.24) is 10.2 Å². The van der Waals surface area contributed by atoms with Crippen LogP contribution in [0.4, 0.5) is 0 Å². The standard InChI is InChI=1S/C16H20N2O/c1-11(12-7-9-13(19-2)10-8-12)16-14-5-3-4-6-15(14)17-18-16/h7-11H,3-6H2,1-2H3,(H,17,18). The first-order valence-corrected chi connectivity index (χ1v) is 6.99. The lowest BCUT2D eigenvalue weighted by molar-refractivity contribution is 0.414. The van der Waals surface area contributed by atoms with Gasteiger partial charge in [0.25, 0.3) is 0 Å². The average Bonchev–Trinajstić information content (AvgIpc) is 2.90. The lowest BCUT2D eigenvalue weighted by atomic mass is 9.89. The summed E-state index contributed by atoms with van der Waals surface area (Å²) in [5.74, 6) is 1.24. The molecule has 1 aromatic carbocycles. The Hall–Kier alpha value is -1.77. The number of hydrogen-bond donors (Lipinski definition) is 1. The molecular weight excluding hydrogens is 236 g/mol. The van der Waals surface area contributed by atoms with Crippen molar-refractivity contribution in [1.29, 1.82) is 0 Å². The zero-order valence-electron chi connectivity index (χ0n) is 11.6. The number of nitrogens with one attached hydrogen (secondary N) is 1. The molecule has 0 spiro atoms. The molecule has 1 aliphatic carbocycles. The molecule has 0 radical (unpaired) electrons. The summed E-state index contributed by atoms with van der Waals surface area (Å²) >= 11 is 0. The third-order valence-corrected chi connectivity index (χ3v) is 4.11. The first-order chi connectivity index (χ1) is 9.29. The van der Waals surface area contributed by atoms with Crippen molar-refractivity contribution in [3.05, 3.63) is 46.8 Å². The van der Waals surface area contributed by atoms with Gasteiger partial charge < -0.3 is 4.74 Å². The lowest BCUT2D eigenvalue weighted by Crippen LogP contribution is -2.05. The van der Waals surface area contributed by atoms with E-state index >= 15 is 0 Å². The molecule has 0 aliphatic heterocycles. The number of aryl methyl sites for hydroxylation is 1. The zero-order chi connectivity index (χ0) is 13.2. The van der Waals surface area contributed by atoms with Crippen molar-refractivity contribution in [2.24, 2.45) is 0 Å². The van der Waals surface area contributed by atoms with Crippen molar-refractivity contribution in [3.63, 3.8) is 0 Å². The van der Waals surface area contributed by atoms with E-state index in [9.17, 15) is 0 Å². The predicted octanol–water partition coefficient (Wildman–Crippen LogP) is 3.45. The number of fused-ring (bicyclic) bond motifs is 1. The second kappa shape index (κ2) is 5.08. The van der Waals surface area contributed by atoms with Crippen LogP contribution in [0.2, 0.25) is 0 Å². The molecular formula is C16H20N2O. The molecule has 1 unspecified atom stereocenters. The average molecular weight is 256 g/mol. The van der Waals surface area contributed by atoms with Crippen LogP contribution in [0.15, 0.2) is 24.3 Å². The highest BCUT2D eigenvalue weighted by atomic mass is 16.5. The quantitative estimate of drug-likeness (QED) is 0.913. The summed E-state index contributed by atoms with van der Waals surface area (Å²) in [6.07, 6.45) is 4.89. The molecule has 1 N–H and O–H groups in total. The predicted molar refractivity (Wildman–Crippen MR) is 75.7 cm³/mol. The van der Waals surface area contributed by atoms with Crippen LogP contribution in [0.3, 0.4) is 0 Å². The van der Waals surface area contributed by atoms with E-state index in [-0.39, 0.29) is 0 Å². The maximum absolute atomic E-state index is 5.21. The Labute approximate surface area is 114 Å². The number of hydrogen-bond acceptors (Lipinski definition) is 2. The van der Waals surface area contributed by atoms with E-state index < -0.39 is 0 Å². The molecule has 0 saturated carbocycles. The molecule has 2 aromatic rings. The first-order valence-electron chi connectivity index (χ1n) is 6.99. The number of methoxy groups -OCH3 is 1. The van der Waals surface area contributed by atoms with Gasteiger partial charge in [0.2, 0.25) is 0 Å². The number of benzene rings is 1. The van der Waals surface area contributed by atoms with Crippen molar-refractivity contribution >= 4 is 0 Å². The maximum atomic E-state index is 5.21. The number of ether oxygens (including phenoxy) is 1. The van der Waals surface area contributed by atoms with Gasteiger partial charge in [-0.2, -0.15) is 5.10 Å². The second-order valence-corrected chi connectivity index (χ2v) is 5.27. The smallest absolute Gasteiger partial charge is 0.118 e. The molecule has 0 amide bonds. The molecule has 1 aliphatic rings. The third-order valence-electron chi connectivity index (χ3n) is 4.11. The largest absolute Gasteiger partial charge is 0.497 e. The molecule has 3 rings (SSSR count). The highest BCUT2D eigenvalue weighted by molar-refractivity contribution is 5.38. The fourth-order valence-corrected chi connectivity index (χ4v) is 2.92. The Morgan fingerprint density at radius 2 is 1.89 bits per heavy atom. The van der Waals surface area contributed by atoms with Crippen molar-refractivity contribution in [2.45, 2.75) is 38.5 Å². The van der Waals surface area contributed by atoms with Crippen LogP contribution >= 0.6 is 0 Å². The Morgan fingerprint density at radius 1 is 1.16 bits per heavy atom. The number of aromatic nitrogens is 2. The van der Waals surface area contributed by atoms with E-state index in [2.05, 4.69) is 29.3 Å². The maximum Gasteiger partial charge on any atom is 0.118 e. The number of aromatic amines is 1. The van der Waals surface area contributed by atoms with Crippen LogP contribution in [0, 0.1) is 0 Å². The van der Waals surface area contributed by atoms with Gasteiger partial charge in [-0.05, 0) is 48.9 Å². The van der Waals surface area contributed by atoms with Crippen molar-refractivity contribution in [2.75, 3.05) is 7.11 Å². The molecule has 100 valence electrons. The molecule has 1 aromatic heterocycles. The van der Waals surface area contributed by atoms with E-state index in [0.29, 0.717) is 5.92 Å². The van der Waals surface area contributed by atoms with E-state index in [1.54, 1.807) is 7.11 Å². The fraction of sp³-hybridized carbons (Fsp3) is 0.438. The van der Waals surface area contributed by atoms with Gasteiger partial charge in [-0.25, -0.2) is 0 Å². The first kappa shape index (κ1) is 12.3. The van der Waals surface area contributed by atoms with Gasteiger partial charge in [0.1, 0.15) is 5.75 Å². The topological polar surface area (TPSA) is 37.9 Å². The molecule has 0 saturated heterocycles. The van der Waals surface area contributed by atoms with E-state index in [0.717, 1.165) is 12.2 Å². The molecule has 0 bridgehead atoms. The minimum Gasteiger partial charge on any atom is -0.497 e. The van der Waals surface area contributed by atoms with Gasteiger partial charge in [0.15, 0.2) is 0 Å². The summed E-state index contributed by atoms with van der Waals surface area (Å²) in [6.45, 7) is 2.23. The summed E-state index contributed by atoms with van der Waals surface area (Å²) in [5.41, 5.74) is 5.32. The SMILES string of the molecule is COc1ccc(C(C)c2n[nH]c3c2CCCC3)cc1. The fourth-order valence-electron chi connectivity index (χ4n) is 2.92. The van der Waals surface area contributed by atoms with Crippen LogP contribution in [-0.4, -0.2) is 17.3 Å². The van der Waals surface area contributed by atoms with Crippen LogP contribution in [-0.2, 0) is 12.8 Å². The van der Waals surface area contributed by atoms with Gasteiger partial charge in [-0.3, -0.25) is 5.10 Å². The zero-order valence-corrected chi connectivity index (χ0v) is 11.6. The van der Waals surface area contributed by atoms with E-state index in [1.165, 1.54) is 41.8 Å². The highest BCUT2D eigenvalue weighted by Gasteiger charge is 2.21. The molecule has 3 nitrogen and oxygen atoms in total. The minimum atomic E-state index is 0.337. The van der Waals surface area contributed by atoms with Crippen LogP contribution in [0.5, 0.6) is 5.75 Å². The van der Waals surface area contributed by atoms with Gasteiger partial charge in [0, 0.05) is 11.6 Å². The summed E-state index contributed by atoms with van der Waals surface area (Å²) in [7, 11) is 1.70. The normalized spacial score (nSPS) is 15.9. The van der Waals surface area contributed by atoms with Gasteiger partial charge in [0.05, 0.1) is 12.8 Å². The summed E-state index contributed by atoms with van der Waals surface area (Å²) in [4.78, 5) is 0. The van der Waals surface area contributed by atoms with Crippen molar-refractivity contribution < 1.29 is 4.74 Å². The molecule has 0 fully saturated rings. The highest BCUT2D eigenvalue weighted by Crippen LogP contribution is 2.31. The Morgan fingerprint density at radius 3 is 2.63 bits per heavy atom. The third kappa shape index (κ3) is 2.25. The van der Waals surface area contributed by atoms with E-state index in [1.807, 2.05) is 12.1 Å². The van der Waals surface area contributed by atoms with Crippen LogP contribution < -0.4 is 4.74 Å². The number of rotatable bonds is 3. The summed E-state index contributed by atoms with van der Waals surface area (Å²) in [6, 6.07) is 8.30. The second-order valence-electron chi connectivity index (χ2n) is 5.27. The van der Waals surface area contributed by atoms with Gasteiger partial charge >= 0.3 is 0 Å². The minimum absolute atomic E-state index is 0.337. The summed E-state index contributed by atoms with van der Waals surface area (Å²) in [5, 5.41) is 7.79. The van der Waals surface area contributed by atoms with Crippen LogP contribution in [0.1, 0.15) is 48.2 Å². The molecule has 3 heteroatoms. The van der Waals surface area contributed by atoms with Crippen LogP contribution in [0.25, 0.3) is 0 Å². The van der Waals surface area contributed by atoms with Gasteiger partial charge in [-0.15, -0.1) is 0 Å². The monoisotopic (exact) mass is 256 g/mol. The molecule has 19 heavy (non-hydrogen) atoms. The van der Waals surface area contributed by atoms with E-state index in [4.69, 9.17) is 4.74 Å². The Kier molecular flexibility index (Phi) is 3.28. The Balaban J connectivity index is 1.90. The molecule has 1 heterocycles.